The highest BCUT2D eigenvalue weighted by Gasteiger charge is 2.36. The number of imidazole rings is 1. The maximum Gasteiger partial charge on any atom is 0.247 e. The zero-order valence-electron chi connectivity index (χ0n) is 38.3. The number of phenols is 1. The second kappa shape index (κ2) is 26.9. The standard InChI is InChI=1S/C42H60N14O13/c1-4-21(2)36-41(68)52-25(9-10-30(43)58)38(65)53-28(15-31(44)59)39(66)54-29(17-47-33(61)11-12-34(62)50-26(40(67)55-36)13-22-5-7-24(57)8-6-22)42(69)56(3)19-35(63)51-27(14-23-16-46-20-49-23)37(64)48-18-32(45)60/h5-8,16,20-21,25-29,36,57H,4,9-15,17-19H2,1-3H3,(H2,43,58)(H2,44,59)(H2,45,60)(H,46,49)(H,47,61)(H,48,64)(H,50,62)(H,51,63)(H,52,68)(H,53,65)(H,54,66)(H,55,67)/t21-,25-,26-,27-,28-,29-,36-/m0/s1. The Kier molecular flexibility index (Phi) is 21.5. The van der Waals surface area contributed by atoms with Crippen LogP contribution < -0.4 is 59.7 Å². The van der Waals surface area contributed by atoms with Crippen LogP contribution in [0.2, 0.25) is 0 Å². The lowest BCUT2D eigenvalue weighted by atomic mass is 9.96. The van der Waals surface area contributed by atoms with E-state index < -0.39 is 165 Å². The van der Waals surface area contributed by atoms with Gasteiger partial charge in [-0.15, -0.1) is 0 Å². The fraction of sp³-hybridized carbons (Fsp3) is 0.500. The number of nitrogens with two attached hydrogens (primary N) is 3. The molecule has 0 radical (unpaired) electrons. The minimum atomic E-state index is -1.86. The normalized spacial score (nSPS) is 20.7. The molecule has 1 aromatic heterocycles. The first-order chi connectivity index (χ1) is 32.6. The first kappa shape index (κ1) is 55.2. The van der Waals surface area contributed by atoms with Crippen LogP contribution >= 0.6 is 0 Å². The average Bonchev–Trinajstić information content (AvgIpc) is 3.81. The molecular weight excluding hydrogens is 909 g/mol. The number of H-pyrrole nitrogens is 1. The minimum absolute atomic E-state index is 0.0736. The molecule has 1 aliphatic rings. The number of aromatic amines is 1. The third kappa shape index (κ3) is 18.9. The Balaban J connectivity index is 2.00. The molecule has 0 spiro atoms. The van der Waals surface area contributed by atoms with Gasteiger partial charge in [0, 0.05) is 57.6 Å². The number of phenolic OH excluding ortho intramolecular Hbond substituents is 1. The Morgan fingerprint density at radius 3 is 2.06 bits per heavy atom. The van der Waals surface area contributed by atoms with Gasteiger partial charge in [0.2, 0.25) is 70.9 Å². The summed E-state index contributed by atoms with van der Waals surface area (Å²) in [6.07, 6.45) is -0.0821. The number of amides is 12. The van der Waals surface area contributed by atoms with Crippen LogP contribution in [-0.2, 0) is 70.4 Å². The van der Waals surface area contributed by atoms with Crippen molar-refractivity contribution in [2.45, 2.75) is 101 Å². The number of aromatic nitrogens is 2. The number of rotatable bonds is 18. The van der Waals surface area contributed by atoms with E-state index in [4.69, 9.17) is 17.2 Å². The summed E-state index contributed by atoms with van der Waals surface area (Å²) in [4.78, 5) is 165. The van der Waals surface area contributed by atoms with Crippen LogP contribution in [0.5, 0.6) is 5.75 Å². The van der Waals surface area contributed by atoms with E-state index in [2.05, 4.69) is 52.5 Å². The Bertz CT molecular complexity index is 2210. The van der Waals surface area contributed by atoms with Gasteiger partial charge in [-0.25, -0.2) is 4.98 Å². The van der Waals surface area contributed by atoms with E-state index in [0.717, 1.165) is 11.9 Å². The molecule has 7 atom stereocenters. The quantitative estimate of drug-likeness (QED) is 0.0662. The predicted octanol–water partition coefficient (Wildman–Crippen LogP) is -6.03. The van der Waals surface area contributed by atoms with Crippen molar-refractivity contribution in [3.63, 3.8) is 0 Å². The third-order valence-corrected chi connectivity index (χ3v) is 10.7. The number of nitrogens with zero attached hydrogens (tertiary/aromatic N) is 2. The van der Waals surface area contributed by atoms with Gasteiger partial charge >= 0.3 is 0 Å². The number of hydrogen-bond donors (Lipinski definition) is 13. The molecule has 27 nitrogen and oxygen atoms in total. The van der Waals surface area contributed by atoms with Gasteiger partial charge in [-0.3, -0.25) is 57.5 Å². The molecule has 12 amide bonds. The van der Waals surface area contributed by atoms with E-state index in [0.29, 0.717) is 17.7 Å². The van der Waals surface area contributed by atoms with Crippen molar-refractivity contribution in [3.05, 3.63) is 48.0 Å². The van der Waals surface area contributed by atoms with Gasteiger partial charge in [0.05, 0.1) is 25.8 Å². The van der Waals surface area contributed by atoms with Crippen molar-refractivity contribution in [2.24, 2.45) is 23.1 Å². The summed E-state index contributed by atoms with van der Waals surface area (Å²) in [5.74, 6) is -12.0. The molecule has 0 aliphatic carbocycles. The zero-order chi connectivity index (χ0) is 51.4. The minimum Gasteiger partial charge on any atom is -0.508 e. The molecule has 1 fully saturated rings. The number of likely N-dealkylation sites (N-methyl/N-ethyl adjacent to an activating group) is 1. The van der Waals surface area contributed by atoms with E-state index in [9.17, 15) is 62.6 Å². The molecule has 3 rings (SSSR count). The second-order valence-corrected chi connectivity index (χ2v) is 16.3. The van der Waals surface area contributed by atoms with E-state index in [1.807, 2.05) is 0 Å². The van der Waals surface area contributed by atoms with Crippen LogP contribution in [0, 0.1) is 5.92 Å². The molecule has 69 heavy (non-hydrogen) atoms. The average molecular weight is 969 g/mol. The summed E-state index contributed by atoms with van der Waals surface area (Å²) in [6.45, 7) is 1.32. The van der Waals surface area contributed by atoms with Gasteiger partial charge in [0.25, 0.3) is 0 Å². The van der Waals surface area contributed by atoms with Crippen LogP contribution in [0.3, 0.4) is 0 Å². The van der Waals surface area contributed by atoms with Crippen molar-refractivity contribution >= 4 is 70.9 Å². The highest BCUT2D eigenvalue weighted by Crippen LogP contribution is 2.14. The first-order valence-electron chi connectivity index (χ1n) is 21.8. The van der Waals surface area contributed by atoms with E-state index in [1.165, 1.54) is 36.8 Å². The van der Waals surface area contributed by atoms with Crippen LogP contribution in [0.15, 0.2) is 36.8 Å². The van der Waals surface area contributed by atoms with Crippen LogP contribution in [0.1, 0.15) is 63.6 Å². The van der Waals surface area contributed by atoms with E-state index in [-0.39, 0.29) is 18.6 Å². The Morgan fingerprint density at radius 1 is 0.812 bits per heavy atom. The summed E-state index contributed by atoms with van der Waals surface area (Å²) < 4.78 is 0. The number of carbonyl (C=O) groups is 12. The topological polar surface area (TPSA) is 431 Å². The third-order valence-electron chi connectivity index (χ3n) is 10.7. The first-order valence-corrected chi connectivity index (χ1v) is 21.8. The van der Waals surface area contributed by atoms with Gasteiger partial charge in [-0.05, 0) is 30.0 Å². The SMILES string of the molecule is CC[C@H](C)[C@@H]1NC(=O)[C@H](Cc2ccc(O)cc2)NC(=O)CCC(=O)NC[C@@H](C(=O)N(C)CC(=O)N[C@@H](Cc2cnc[nH]2)C(=O)NCC(N)=O)NC(=O)[C@H](CC(N)=O)NC(=O)[C@H](CCC(N)=O)NC1=O. The molecule has 2 aromatic rings. The van der Waals surface area contributed by atoms with Crippen LogP contribution in [-0.4, -0.2) is 154 Å². The number of aromatic hydroxyl groups is 1. The molecule has 0 saturated carbocycles. The predicted molar refractivity (Wildman–Crippen MR) is 239 cm³/mol. The molecule has 16 N–H and O–H groups in total. The molecule has 2 heterocycles. The van der Waals surface area contributed by atoms with Gasteiger partial charge < -0.3 is 74.7 Å². The Labute approximate surface area is 395 Å². The molecule has 0 bridgehead atoms. The van der Waals surface area contributed by atoms with Gasteiger partial charge in [0.15, 0.2) is 0 Å². The maximum atomic E-state index is 14.0. The number of carbonyl (C=O) groups excluding carboxylic acids is 12. The zero-order valence-corrected chi connectivity index (χ0v) is 38.3. The molecule has 1 aliphatic heterocycles. The van der Waals surface area contributed by atoms with E-state index in [1.54, 1.807) is 13.8 Å². The largest absolute Gasteiger partial charge is 0.508 e. The van der Waals surface area contributed by atoms with Crippen LogP contribution in [0.4, 0.5) is 0 Å². The maximum absolute atomic E-state index is 14.0. The molecule has 0 unspecified atom stereocenters. The van der Waals surface area contributed by atoms with Gasteiger partial charge in [-0.2, -0.15) is 0 Å². The Morgan fingerprint density at radius 2 is 1.45 bits per heavy atom. The van der Waals surface area contributed by atoms with Crippen LogP contribution in [0.25, 0.3) is 0 Å². The summed E-state index contributed by atoms with van der Waals surface area (Å²) in [5, 5.41) is 29.2. The summed E-state index contributed by atoms with van der Waals surface area (Å²) in [6, 6.07) is -3.56. The highest BCUT2D eigenvalue weighted by molar-refractivity contribution is 5.99. The van der Waals surface area contributed by atoms with Gasteiger partial charge in [0.1, 0.15) is 42.0 Å². The Hall–Kier alpha value is -8.13. The highest BCUT2D eigenvalue weighted by atomic mass is 16.3. The summed E-state index contributed by atoms with van der Waals surface area (Å²) in [5.41, 5.74) is 16.8. The van der Waals surface area contributed by atoms with Gasteiger partial charge in [-0.1, -0.05) is 32.4 Å². The lowest BCUT2D eigenvalue weighted by Gasteiger charge is -2.29. The lowest BCUT2D eigenvalue weighted by Crippen LogP contribution is -2.61. The summed E-state index contributed by atoms with van der Waals surface area (Å²) >= 11 is 0. The molecule has 1 aromatic carbocycles. The summed E-state index contributed by atoms with van der Waals surface area (Å²) in [7, 11) is 1.14. The smallest absolute Gasteiger partial charge is 0.247 e. The molecular formula is C42H60N14O13. The lowest BCUT2D eigenvalue weighted by molar-refractivity contribution is -0.140. The van der Waals surface area contributed by atoms with Crippen molar-refractivity contribution in [1.29, 1.82) is 0 Å². The van der Waals surface area contributed by atoms with E-state index >= 15 is 0 Å². The molecule has 27 heteroatoms. The van der Waals surface area contributed by atoms with Crippen molar-refractivity contribution in [3.8, 4) is 5.75 Å². The molecule has 376 valence electrons. The second-order valence-electron chi connectivity index (χ2n) is 16.3. The fourth-order valence-electron chi connectivity index (χ4n) is 6.72. The monoisotopic (exact) mass is 968 g/mol. The number of nitrogens with one attached hydrogen (secondary N) is 9. The number of benzene rings is 1. The van der Waals surface area contributed by atoms with Crippen molar-refractivity contribution in [1.82, 2.24) is 57.4 Å². The molecule has 1 saturated heterocycles. The van der Waals surface area contributed by atoms with Crippen molar-refractivity contribution < 1.29 is 62.6 Å². The number of primary amides is 3. The number of hydrogen-bond acceptors (Lipinski definition) is 14. The fourth-order valence-corrected chi connectivity index (χ4v) is 6.72. The van der Waals surface area contributed by atoms with Crippen molar-refractivity contribution in [2.75, 3.05) is 26.7 Å².